The molecule has 0 bridgehead atoms. The van der Waals surface area contributed by atoms with Crippen molar-refractivity contribution >= 4 is 28.7 Å². The summed E-state index contributed by atoms with van der Waals surface area (Å²) in [5.74, 6) is -1.66. The quantitative estimate of drug-likeness (QED) is 0.706. The molecule has 0 N–H and O–H groups in total. The fraction of sp³-hybridized carbons (Fsp3) is 0.583. The van der Waals surface area contributed by atoms with Crippen LogP contribution in [0.1, 0.15) is 35.4 Å². The second-order valence-corrected chi connectivity index (χ2v) is 5.88. The van der Waals surface area contributed by atoms with Gasteiger partial charge in [-0.25, -0.2) is 0 Å². The minimum atomic E-state index is -4.13. The van der Waals surface area contributed by atoms with Crippen molar-refractivity contribution in [2.45, 2.75) is 31.9 Å². The van der Waals surface area contributed by atoms with Gasteiger partial charge in [-0.05, 0) is 37.1 Å². The van der Waals surface area contributed by atoms with Crippen LogP contribution in [0.2, 0.25) is 5.02 Å². The maximum absolute atomic E-state index is 12.5. The molecule has 1 aliphatic carbocycles. The molecule has 0 amide bonds. The zero-order valence-electron chi connectivity index (χ0n) is 9.47. The molecule has 0 unspecified atom stereocenters. The third-order valence-corrected chi connectivity index (χ3v) is 4.76. The van der Waals surface area contributed by atoms with Gasteiger partial charge in [0.2, 0.25) is 0 Å². The van der Waals surface area contributed by atoms with Crippen molar-refractivity contribution in [2.24, 2.45) is 11.8 Å². The van der Waals surface area contributed by atoms with E-state index in [1.54, 1.807) is 11.4 Å². The highest BCUT2D eigenvalue weighted by molar-refractivity contribution is 7.12. The minimum absolute atomic E-state index is 0.0445. The number of hydrogen-bond acceptors (Lipinski definition) is 2. The summed E-state index contributed by atoms with van der Waals surface area (Å²) in [6.45, 7) is 0. The number of ketones is 1. The van der Waals surface area contributed by atoms with Crippen LogP contribution in [0, 0.1) is 11.8 Å². The smallest absolute Gasteiger partial charge is 0.293 e. The molecule has 1 aromatic heterocycles. The van der Waals surface area contributed by atoms with Gasteiger partial charge >= 0.3 is 6.18 Å². The van der Waals surface area contributed by atoms with Crippen LogP contribution in [0.5, 0.6) is 0 Å². The van der Waals surface area contributed by atoms with Crippen molar-refractivity contribution < 1.29 is 18.0 Å². The number of rotatable bonds is 2. The monoisotopic (exact) mass is 296 g/mol. The fourth-order valence-corrected chi connectivity index (χ4v) is 3.51. The van der Waals surface area contributed by atoms with Crippen LogP contribution in [0.4, 0.5) is 13.2 Å². The molecule has 1 saturated carbocycles. The van der Waals surface area contributed by atoms with Gasteiger partial charge in [-0.1, -0.05) is 11.6 Å². The summed E-state index contributed by atoms with van der Waals surface area (Å²) in [7, 11) is 0. The number of hydrogen-bond donors (Lipinski definition) is 0. The van der Waals surface area contributed by atoms with E-state index in [0.717, 1.165) is 0 Å². The van der Waals surface area contributed by atoms with Gasteiger partial charge in [0.1, 0.15) is 0 Å². The molecule has 100 valence electrons. The number of alkyl halides is 3. The highest BCUT2D eigenvalue weighted by Crippen LogP contribution is 2.41. The number of Topliss-reactive ketones (excluding diaryl/α,β-unsaturated/α-hetero) is 1. The van der Waals surface area contributed by atoms with Crippen LogP contribution < -0.4 is 0 Å². The van der Waals surface area contributed by atoms with Crippen LogP contribution >= 0.6 is 22.9 Å². The molecule has 0 spiro atoms. The van der Waals surface area contributed by atoms with Crippen LogP contribution in [0.15, 0.2) is 11.4 Å². The average molecular weight is 297 g/mol. The van der Waals surface area contributed by atoms with E-state index in [0.29, 0.717) is 22.7 Å². The predicted molar refractivity (Wildman–Crippen MR) is 65.2 cm³/mol. The first-order chi connectivity index (χ1) is 8.39. The van der Waals surface area contributed by atoms with E-state index in [1.165, 1.54) is 11.3 Å². The SMILES string of the molecule is O=C(c1sccc1Cl)C1CCC(C(F)(F)F)CC1. The van der Waals surface area contributed by atoms with E-state index in [2.05, 4.69) is 0 Å². The van der Waals surface area contributed by atoms with Gasteiger partial charge in [0, 0.05) is 5.92 Å². The number of halogens is 4. The molecular weight excluding hydrogens is 285 g/mol. The Bertz CT molecular complexity index is 433. The molecule has 2 rings (SSSR count). The summed E-state index contributed by atoms with van der Waals surface area (Å²) in [5, 5.41) is 2.12. The van der Waals surface area contributed by atoms with Crippen molar-refractivity contribution in [2.75, 3.05) is 0 Å². The topological polar surface area (TPSA) is 17.1 Å². The van der Waals surface area contributed by atoms with Crippen molar-refractivity contribution in [1.29, 1.82) is 0 Å². The van der Waals surface area contributed by atoms with Crippen LogP contribution in [-0.2, 0) is 0 Å². The van der Waals surface area contributed by atoms with Gasteiger partial charge in [-0.2, -0.15) is 13.2 Å². The molecule has 0 aliphatic heterocycles. The summed E-state index contributed by atoms with van der Waals surface area (Å²) in [5.41, 5.74) is 0. The Kier molecular flexibility index (Phi) is 4.02. The lowest BCUT2D eigenvalue weighted by Crippen LogP contribution is -2.30. The summed E-state index contributed by atoms with van der Waals surface area (Å²) >= 11 is 7.12. The summed E-state index contributed by atoms with van der Waals surface area (Å²) in [6, 6.07) is 1.64. The zero-order chi connectivity index (χ0) is 13.3. The number of carbonyl (C=O) groups excluding carboxylic acids is 1. The lowest BCUT2D eigenvalue weighted by Gasteiger charge is -2.28. The van der Waals surface area contributed by atoms with Crippen LogP contribution in [0.3, 0.4) is 0 Å². The molecule has 1 nitrogen and oxygen atoms in total. The molecule has 0 atom stereocenters. The Morgan fingerprint density at radius 2 is 1.89 bits per heavy atom. The van der Waals surface area contributed by atoms with Crippen molar-refractivity contribution in [3.05, 3.63) is 21.3 Å². The lowest BCUT2D eigenvalue weighted by atomic mass is 9.79. The van der Waals surface area contributed by atoms with Crippen LogP contribution in [-0.4, -0.2) is 12.0 Å². The highest BCUT2D eigenvalue weighted by Gasteiger charge is 2.42. The van der Waals surface area contributed by atoms with E-state index in [9.17, 15) is 18.0 Å². The maximum atomic E-state index is 12.5. The van der Waals surface area contributed by atoms with Gasteiger partial charge in [0.25, 0.3) is 0 Å². The van der Waals surface area contributed by atoms with E-state index in [1.807, 2.05) is 0 Å². The van der Waals surface area contributed by atoms with Gasteiger partial charge in [-0.15, -0.1) is 11.3 Å². The largest absolute Gasteiger partial charge is 0.391 e. The Balaban J connectivity index is 1.99. The molecule has 1 heterocycles. The molecule has 1 fully saturated rings. The zero-order valence-corrected chi connectivity index (χ0v) is 11.0. The Morgan fingerprint density at radius 1 is 1.28 bits per heavy atom. The molecule has 6 heteroatoms. The van der Waals surface area contributed by atoms with E-state index in [-0.39, 0.29) is 24.5 Å². The standard InChI is InChI=1S/C12H12ClF3OS/c13-9-5-6-18-11(9)10(17)7-1-3-8(4-2-7)12(14,15)16/h5-8H,1-4H2. The Hall–Kier alpha value is -0.550. The molecular formula is C12H12ClF3OS. The van der Waals surface area contributed by atoms with E-state index >= 15 is 0 Å². The van der Waals surface area contributed by atoms with Gasteiger partial charge < -0.3 is 0 Å². The maximum Gasteiger partial charge on any atom is 0.391 e. The third kappa shape index (κ3) is 2.88. The lowest BCUT2D eigenvalue weighted by molar-refractivity contribution is -0.183. The van der Waals surface area contributed by atoms with Crippen molar-refractivity contribution in [3.63, 3.8) is 0 Å². The summed E-state index contributed by atoms with van der Waals surface area (Å²) in [4.78, 5) is 12.6. The Morgan fingerprint density at radius 3 is 2.33 bits per heavy atom. The van der Waals surface area contributed by atoms with Crippen LogP contribution in [0.25, 0.3) is 0 Å². The third-order valence-electron chi connectivity index (χ3n) is 3.40. The first kappa shape index (κ1) is 13.9. The molecule has 18 heavy (non-hydrogen) atoms. The Labute approximate surface area is 112 Å². The fourth-order valence-electron chi connectivity index (χ4n) is 2.34. The summed E-state index contributed by atoms with van der Waals surface area (Å²) in [6.07, 6.45) is -3.44. The van der Waals surface area contributed by atoms with Crippen molar-refractivity contribution in [3.8, 4) is 0 Å². The molecule has 0 radical (unpaired) electrons. The molecule has 0 aromatic carbocycles. The summed E-state index contributed by atoms with van der Waals surface area (Å²) < 4.78 is 37.5. The van der Waals surface area contributed by atoms with E-state index in [4.69, 9.17) is 11.6 Å². The van der Waals surface area contributed by atoms with E-state index < -0.39 is 12.1 Å². The van der Waals surface area contributed by atoms with Gasteiger partial charge in [-0.3, -0.25) is 4.79 Å². The first-order valence-electron chi connectivity index (χ1n) is 5.73. The molecule has 1 aromatic rings. The number of carbonyl (C=O) groups is 1. The normalized spacial score (nSPS) is 25.1. The second kappa shape index (κ2) is 5.21. The molecule has 0 saturated heterocycles. The number of thiophene rings is 1. The second-order valence-electron chi connectivity index (χ2n) is 4.55. The highest BCUT2D eigenvalue weighted by atomic mass is 35.5. The van der Waals surface area contributed by atoms with Gasteiger partial charge in [0.15, 0.2) is 5.78 Å². The minimum Gasteiger partial charge on any atom is -0.293 e. The molecule has 1 aliphatic rings. The first-order valence-corrected chi connectivity index (χ1v) is 6.99. The van der Waals surface area contributed by atoms with Gasteiger partial charge in [0.05, 0.1) is 15.8 Å². The average Bonchev–Trinajstić information content (AvgIpc) is 2.73. The predicted octanol–water partition coefficient (Wildman–Crippen LogP) is 4.95. The van der Waals surface area contributed by atoms with Crippen molar-refractivity contribution in [1.82, 2.24) is 0 Å².